The van der Waals surface area contributed by atoms with Gasteiger partial charge in [-0.25, -0.2) is 5.01 Å². The number of anilines is 1. The third-order valence-corrected chi connectivity index (χ3v) is 7.42. The van der Waals surface area contributed by atoms with Gasteiger partial charge in [0.1, 0.15) is 5.25 Å². The van der Waals surface area contributed by atoms with Gasteiger partial charge in [-0.3, -0.25) is 9.59 Å². The van der Waals surface area contributed by atoms with Crippen molar-refractivity contribution in [3.63, 3.8) is 0 Å². The molecule has 0 saturated heterocycles. The van der Waals surface area contributed by atoms with Gasteiger partial charge in [0.15, 0.2) is 5.17 Å². The third kappa shape index (κ3) is 5.26. The number of hydrogen-bond acceptors (Lipinski definition) is 5. The normalized spacial score (nSPS) is 19.3. The molecule has 36 heavy (non-hydrogen) atoms. The van der Waals surface area contributed by atoms with E-state index in [9.17, 15) is 9.59 Å². The molecule has 0 saturated carbocycles. The van der Waals surface area contributed by atoms with Crippen LogP contribution in [-0.4, -0.2) is 33.0 Å². The van der Waals surface area contributed by atoms with E-state index in [0.717, 1.165) is 33.7 Å². The van der Waals surface area contributed by atoms with Crippen LogP contribution in [0.5, 0.6) is 0 Å². The van der Waals surface area contributed by atoms with Crippen LogP contribution < -0.4 is 5.32 Å². The first kappa shape index (κ1) is 24.0. The monoisotopic (exact) mass is 496 g/mol. The average molecular weight is 497 g/mol. The number of aliphatic imine (C=N–C) groups is 1. The summed E-state index contributed by atoms with van der Waals surface area (Å²) < 4.78 is 0. The number of benzene rings is 3. The Labute approximate surface area is 215 Å². The number of carbonyl (C=O) groups is 2. The predicted octanol–water partition coefficient (Wildman–Crippen LogP) is 5.79. The van der Waals surface area contributed by atoms with E-state index in [0.29, 0.717) is 11.6 Å². The second-order valence-corrected chi connectivity index (χ2v) is 10.5. The molecule has 0 fully saturated rings. The average Bonchev–Trinajstić information content (AvgIpc) is 3.43. The van der Waals surface area contributed by atoms with Crippen molar-refractivity contribution >= 4 is 40.1 Å². The van der Waals surface area contributed by atoms with Crippen LogP contribution in [0.4, 0.5) is 5.69 Å². The minimum Gasteiger partial charge on any atom is -0.326 e. The van der Waals surface area contributed by atoms with Gasteiger partial charge in [0.2, 0.25) is 5.91 Å². The van der Waals surface area contributed by atoms with E-state index >= 15 is 0 Å². The number of thioether (sulfide) groups is 1. The molecule has 0 aliphatic carbocycles. The Hall–Kier alpha value is -3.71. The minimum atomic E-state index is -0.569. The van der Waals surface area contributed by atoms with Crippen LogP contribution in [-0.2, 0) is 9.59 Å². The predicted molar refractivity (Wildman–Crippen MR) is 146 cm³/mol. The molecule has 7 heteroatoms. The number of rotatable bonds is 5. The lowest BCUT2D eigenvalue weighted by molar-refractivity contribution is -0.121. The molecule has 2 amide bonds. The Kier molecular flexibility index (Phi) is 6.74. The second-order valence-electron chi connectivity index (χ2n) is 9.36. The SMILES string of the molecule is Cc1ccc(C2CC(c3ccccc3)=NN2C2=NC(=O)C(CC(=O)Nc3cc(C)cc(C)c3)S2)cc1. The van der Waals surface area contributed by atoms with Crippen molar-refractivity contribution in [2.75, 3.05) is 5.32 Å². The van der Waals surface area contributed by atoms with Crippen molar-refractivity contribution in [2.45, 2.75) is 44.9 Å². The quantitative estimate of drug-likeness (QED) is 0.485. The van der Waals surface area contributed by atoms with Crippen molar-refractivity contribution < 1.29 is 9.59 Å². The van der Waals surface area contributed by atoms with E-state index in [4.69, 9.17) is 5.10 Å². The van der Waals surface area contributed by atoms with E-state index in [-0.39, 0.29) is 24.3 Å². The lowest BCUT2D eigenvalue weighted by atomic mass is 9.98. The van der Waals surface area contributed by atoms with Crippen LogP contribution in [0, 0.1) is 20.8 Å². The zero-order chi connectivity index (χ0) is 25.2. The van der Waals surface area contributed by atoms with Crippen LogP contribution in [0.1, 0.15) is 46.7 Å². The largest absolute Gasteiger partial charge is 0.326 e. The smallest absolute Gasteiger partial charge is 0.262 e. The molecule has 0 spiro atoms. The molecule has 0 aromatic heterocycles. The van der Waals surface area contributed by atoms with Crippen molar-refractivity contribution in [2.24, 2.45) is 10.1 Å². The van der Waals surface area contributed by atoms with Crippen LogP contribution >= 0.6 is 11.8 Å². The molecule has 0 bridgehead atoms. The van der Waals surface area contributed by atoms with E-state index in [1.807, 2.05) is 61.3 Å². The van der Waals surface area contributed by atoms with Gasteiger partial charge in [-0.05, 0) is 55.2 Å². The van der Waals surface area contributed by atoms with Gasteiger partial charge >= 0.3 is 0 Å². The van der Waals surface area contributed by atoms with Crippen molar-refractivity contribution in [3.05, 3.63) is 101 Å². The number of hydrogen-bond donors (Lipinski definition) is 1. The topological polar surface area (TPSA) is 74.1 Å². The summed E-state index contributed by atoms with van der Waals surface area (Å²) >= 11 is 1.32. The highest BCUT2D eigenvalue weighted by molar-refractivity contribution is 8.15. The summed E-state index contributed by atoms with van der Waals surface area (Å²) in [5.74, 6) is -0.496. The molecule has 5 rings (SSSR count). The Morgan fingerprint density at radius 2 is 1.67 bits per heavy atom. The van der Waals surface area contributed by atoms with Crippen LogP contribution in [0.25, 0.3) is 0 Å². The van der Waals surface area contributed by atoms with Crippen molar-refractivity contribution in [1.29, 1.82) is 0 Å². The number of nitrogens with zero attached hydrogens (tertiary/aromatic N) is 3. The molecule has 2 unspecified atom stereocenters. The Morgan fingerprint density at radius 1 is 0.972 bits per heavy atom. The fourth-order valence-corrected chi connectivity index (χ4v) is 5.63. The van der Waals surface area contributed by atoms with Crippen molar-refractivity contribution in [1.82, 2.24) is 5.01 Å². The fourth-order valence-electron chi connectivity index (χ4n) is 4.57. The highest BCUT2D eigenvalue weighted by Crippen LogP contribution is 2.38. The number of aryl methyl sites for hydroxylation is 3. The molecule has 6 nitrogen and oxygen atoms in total. The van der Waals surface area contributed by atoms with Gasteiger partial charge in [0.05, 0.1) is 11.8 Å². The molecule has 2 aliphatic rings. The van der Waals surface area contributed by atoms with Gasteiger partial charge < -0.3 is 5.32 Å². The molecule has 182 valence electrons. The summed E-state index contributed by atoms with van der Waals surface area (Å²) in [6.07, 6.45) is 0.764. The van der Waals surface area contributed by atoms with Crippen LogP contribution in [0.2, 0.25) is 0 Å². The summed E-state index contributed by atoms with van der Waals surface area (Å²) in [7, 11) is 0. The first-order chi connectivity index (χ1) is 17.4. The summed E-state index contributed by atoms with van der Waals surface area (Å²) in [4.78, 5) is 29.9. The first-order valence-corrected chi connectivity index (χ1v) is 12.9. The lowest BCUT2D eigenvalue weighted by Crippen LogP contribution is -2.25. The minimum absolute atomic E-state index is 0.0573. The number of hydrazone groups is 1. The lowest BCUT2D eigenvalue weighted by Gasteiger charge is -2.23. The molecule has 2 heterocycles. The summed E-state index contributed by atoms with van der Waals surface area (Å²) in [5.41, 5.74) is 7.19. The number of nitrogens with one attached hydrogen (secondary N) is 1. The Morgan fingerprint density at radius 3 is 2.36 bits per heavy atom. The van der Waals surface area contributed by atoms with Gasteiger partial charge in [-0.2, -0.15) is 10.1 Å². The molecular formula is C29H28N4O2S. The Bertz CT molecular complexity index is 1350. The molecule has 3 aromatic carbocycles. The standard InChI is InChI=1S/C29H28N4O2S/c1-18-9-11-22(12-10-18)25-16-24(21-7-5-4-6-8-21)32-33(25)29-31-28(35)26(36-29)17-27(34)30-23-14-19(2)13-20(3)15-23/h4-15,25-26H,16-17H2,1-3H3,(H,30,34). The highest BCUT2D eigenvalue weighted by Gasteiger charge is 2.39. The fraction of sp³-hybridized carbons (Fsp3) is 0.241. The van der Waals surface area contributed by atoms with Gasteiger partial charge in [0.25, 0.3) is 5.91 Å². The van der Waals surface area contributed by atoms with E-state index in [2.05, 4.69) is 47.6 Å². The van der Waals surface area contributed by atoms with E-state index < -0.39 is 5.25 Å². The highest BCUT2D eigenvalue weighted by atomic mass is 32.2. The molecule has 1 N–H and O–H groups in total. The molecular weight excluding hydrogens is 468 g/mol. The second kappa shape index (κ2) is 10.1. The first-order valence-electron chi connectivity index (χ1n) is 12.0. The summed E-state index contributed by atoms with van der Waals surface area (Å²) in [6, 6.07) is 24.3. The van der Waals surface area contributed by atoms with E-state index in [1.54, 1.807) is 0 Å². The van der Waals surface area contributed by atoms with Gasteiger partial charge in [-0.15, -0.1) is 0 Å². The number of amidine groups is 1. The Balaban J connectivity index is 1.34. The molecule has 3 aromatic rings. The van der Waals surface area contributed by atoms with Crippen LogP contribution in [0.15, 0.2) is 82.9 Å². The summed E-state index contributed by atoms with van der Waals surface area (Å²) in [5, 5.41) is 9.66. The maximum atomic E-state index is 12.8. The van der Waals surface area contributed by atoms with Crippen molar-refractivity contribution in [3.8, 4) is 0 Å². The maximum absolute atomic E-state index is 12.8. The third-order valence-electron chi connectivity index (χ3n) is 6.28. The summed E-state index contributed by atoms with van der Waals surface area (Å²) in [6.45, 7) is 6.04. The number of amides is 2. The molecule has 0 radical (unpaired) electrons. The number of carbonyl (C=O) groups excluding carboxylic acids is 2. The zero-order valence-electron chi connectivity index (χ0n) is 20.6. The van der Waals surface area contributed by atoms with Gasteiger partial charge in [-0.1, -0.05) is 78.0 Å². The van der Waals surface area contributed by atoms with Gasteiger partial charge in [0, 0.05) is 18.5 Å². The maximum Gasteiger partial charge on any atom is 0.262 e. The van der Waals surface area contributed by atoms with Crippen LogP contribution in [0.3, 0.4) is 0 Å². The van der Waals surface area contributed by atoms with E-state index in [1.165, 1.54) is 17.3 Å². The zero-order valence-corrected chi connectivity index (χ0v) is 21.4. The molecule has 2 aliphatic heterocycles. The molecule has 2 atom stereocenters.